The number of rotatable bonds is 2. The fourth-order valence-electron chi connectivity index (χ4n) is 3.04. The maximum absolute atomic E-state index is 13.2. The zero-order valence-corrected chi connectivity index (χ0v) is 14.2. The molecule has 1 aliphatic heterocycles. The van der Waals surface area contributed by atoms with Gasteiger partial charge in [0.2, 0.25) is 9.84 Å². The van der Waals surface area contributed by atoms with Crippen molar-refractivity contribution in [2.75, 3.05) is 4.90 Å². The van der Waals surface area contributed by atoms with E-state index < -0.39 is 15.9 Å². The summed E-state index contributed by atoms with van der Waals surface area (Å²) in [6.07, 6.45) is 4.88. The van der Waals surface area contributed by atoms with Gasteiger partial charge in [-0.15, -0.1) is 0 Å². The quantitative estimate of drug-likeness (QED) is 0.710. The molecule has 0 saturated carbocycles. The highest BCUT2D eigenvalue weighted by Crippen LogP contribution is 2.44. The standard InChI is InChI=1S/C18H15N3O3S/c1-13(20-11-10-19-12-20)18(22)21-14-6-2-4-8-16(14)25(23,24)17-9-5-3-7-15(17)21/h2-13H,1H3. The summed E-state index contributed by atoms with van der Waals surface area (Å²) in [6, 6.07) is 12.6. The van der Waals surface area contributed by atoms with Gasteiger partial charge in [0.05, 0.1) is 27.5 Å². The molecule has 0 aliphatic carbocycles. The molecule has 2 heterocycles. The molecule has 1 aliphatic rings. The second-order valence-corrected chi connectivity index (χ2v) is 7.68. The van der Waals surface area contributed by atoms with Gasteiger partial charge in [-0.1, -0.05) is 24.3 Å². The molecule has 4 rings (SSSR count). The summed E-state index contributed by atoms with van der Waals surface area (Å²) in [5, 5.41) is 0. The van der Waals surface area contributed by atoms with Crippen molar-refractivity contribution in [1.82, 2.24) is 9.55 Å². The van der Waals surface area contributed by atoms with Gasteiger partial charge < -0.3 is 4.57 Å². The van der Waals surface area contributed by atoms with Crippen molar-refractivity contribution in [2.45, 2.75) is 22.8 Å². The third-order valence-electron chi connectivity index (χ3n) is 4.34. The molecule has 2 aromatic carbocycles. The first kappa shape index (κ1) is 15.6. The van der Waals surface area contributed by atoms with E-state index in [0.29, 0.717) is 11.4 Å². The number of amides is 1. The third-order valence-corrected chi connectivity index (χ3v) is 6.19. The number of carbonyl (C=O) groups is 1. The van der Waals surface area contributed by atoms with Gasteiger partial charge in [0.15, 0.2) is 0 Å². The van der Waals surface area contributed by atoms with Crippen LogP contribution in [0, 0.1) is 0 Å². The predicted octanol–water partition coefficient (Wildman–Crippen LogP) is 2.96. The Morgan fingerprint density at radius 2 is 1.56 bits per heavy atom. The van der Waals surface area contributed by atoms with E-state index in [1.165, 1.54) is 17.0 Å². The zero-order chi connectivity index (χ0) is 17.6. The van der Waals surface area contributed by atoms with E-state index in [4.69, 9.17) is 0 Å². The molecular formula is C18H15N3O3S. The van der Waals surface area contributed by atoms with E-state index in [1.807, 2.05) is 0 Å². The van der Waals surface area contributed by atoms with E-state index in [9.17, 15) is 13.2 Å². The van der Waals surface area contributed by atoms with Crippen molar-refractivity contribution in [2.24, 2.45) is 0 Å². The van der Waals surface area contributed by atoms with Crippen LogP contribution in [-0.4, -0.2) is 23.9 Å². The summed E-state index contributed by atoms with van der Waals surface area (Å²) >= 11 is 0. The first-order valence-corrected chi connectivity index (χ1v) is 9.24. The Hall–Kier alpha value is -2.93. The second-order valence-electron chi connectivity index (χ2n) is 5.80. The van der Waals surface area contributed by atoms with Crippen molar-refractivity contribution in [3.63, 3.8) is 0 Å². The summed E-state index contributed by atoms with van der Waals surface area (Å²) in [6.45, 7) is 1.76. The Bertz CT molecular complexity index is 1010. The molecule has 0 spiro atoms. The van der Waals surface area contributed by atoms with E-state index >= 15 is 0 Å². The van der Waals surface area contributed by atoms with Gasteiger partial charge in [0.25, 0.3) is 5.91 Å². The number of hydrogen-bond donors (Lipinski definition) is 0. The lowest BCUT2D eigenvalue weighted by molar-refractivity contribution is -0.120. The van der Waals surface area contributed by atoms with Gasteiger partial charge >= 0.3 is 0 Å². The normalized spacial score (nSPS) is 16.0. The fourth-order valence-corrected chi connectivity index (χ4v) is 4.66. The number of anilines is 2. The number of carbonyl (C=O) groups excluding carboxylic acids is 1. The second kappa shape index (κ2) is 5.56. The van der Waals surface area contributed by atoms with Gasteiger partial charge in [-0.3, -0.25) is 9.69 Å². The van der Waals surface area contributed by atoms with Crippen molar-refractivity contribution < 1.29 is 13.2 Å². The lowest BCUT2D eigenvalue weighted by atomic mass is 10.2. The average Bonchev–Trinajstić information content (AvgIpc) is 3.16. The van der Waals surface area contributed by atoms with Crippen molar-refractivity contribution in [3.05, 3.63) is 67.3 Å². The number of nitrogens with zero attached hydrogens (tertiary/aromatic N) is 3. The van der Waals surface area contributed by atoms with E-state index in [0.717, 1.165) is 0 Å². The molecule has 0 bridgehead atoms. The molecule has 126 valence electrons. The highest BCUT2D eigenvalue weighted by Gasteiger charge is 2.38. The smallest absolute Gasteiger partial charge is 0.254 e. The first-order valence-electron chi connectivity index (χ1n) is 7.76. The molecule has 0 N–H and O–H groups in total. The molecule has 1 unspecified atom stereocenters. The Balaban J connectivity index is 1.93. The van der Waals surface area contributed by atoms with Crippen LogP contribution in [0.15, 0.2) is 77.0 Å². The van der Waals surface area contributed by atoms with Gasteiger partial charge in [-0.25, -0.2) is 13.4 Å². The SMILES string of the molecule is CC(C(=O)N1c2ccccc2S(=O)(=O)c2ccccc21)n1ccnc1. The third kappa shape index (κ3) is 2.27. The van der Waals surface area contributed by atoms with Crippen molar-refractivity contribution in [3.8, 4) is 0 Å². The van der Waals surface area contributed by atoms with Crippen molar-refractivity contribution >= 4 is 27.1 Å². The Labute approximate surface area is 145 Å². The molecule has 1 aromatic heterocycles. The minimum absolute atomic E-state index is 0.139. The minimum atomic E-state index is -3.66. The van der Waals surface area contributed by atoms with Crippen LogP contribution in [0.1, 0.15) is 13.0 Å². The van der Waals surface area contributed by atoms with Crippen LogP contribution >= 0.6 is 0 Å². The zero-order valence-electron chi connectivity index (χ0n) is 13.4. The van der Waals surface area contributed by atoms with Crippen LogP contribution in [-0.2, 0) is 14.6 Å². The van der Waals surface area contributed by atoms with Crippen molar-refractivity contribution in [1.29, 1.82) is 0 Å². The molecular weight excluding hydrogens is 338 g/mol. The summed E-state index contributed by atoms with van der Waals surface area (Å²) < 4.78 is 27.5. The summed E-state index contributed by atoms with van der Waals surface area (Å²) in [7, 11) is -3.66. The average molecular weight is 353 g/mol. The lowest BCUT2D eigenvalue weighted by Crippen LogP contribution is -2.36. The van der Waals surface area contributed by atoms with Crippen LogP contribution in [0.2, 0.25) is 0 Å². The van der Waals surface area contributed by atoms with E-state index in [1.54, 1.807) is 66.6 Å². The van der Waals surface area contributed by atoms with Crippen LogP contribution < -0.4 is 4.90 Å². The highest BCUT2D eigenvalue weighted by atomic mass is 32.2. The van der Waals surface area contributed by atoms with Gasteiger partial charge in [0.1, 0.15) is 6.04 Å². The largest absolute Gasteiger partial charge is 0.325 e. The van der Waals surface area contributed by atoms with E-state index in [2.05, 4.69) is 4.98 Å². The Morgan fingerprint density at radius 1 is 1.00 bits per heavy atom. The molecule has 0 saturated heterocycles. The van der Waals surface area contributed by atoms with Gasteiger partial charge in [0, 0.05) is 12.4 Å². The molecule has 1 amide bonds. The molecule has 7 heteroatoms. The fraction of sp³-hybridized carbons (Fsp3) is 0.111. The van der Waals surface area contributed by atoms with E-state index in [-0.39, 0.29) is 15.7 Å². The Morgan fingerprint density at radius 3 is 2.08 bits per heavy atom. The van der Waals surface area contributed by atoms with Crippen LogP contribution in [0.3, 0.4) is 0 Å². The summed E-state index contributed by atoms with van der Waals surface area (Å²) in [5.41, 5.74) is 0.747. The number of hydrogen-bond acceptors (Lipinski definition) is 4. The summed E-state index contributed by atoms with van der Waals surface area (Å²) in [5.74, 6) is -0.229. The van der Waals surface area contributed by atoms with Gasteiger partial charge in [-0.05, 0) is 31.2 Å². The number of imidazole rings is 1. The van der Waals surface area contributed by atoms with Gasteiger partial charge in [-0.2, -0.15) is 0 Å². The first-order chi connectivity index (χ1) is 12.0. The number of para-hydroxylation sites is 2. The maximum Gasteiger partial charge on any atom is 0.254 e. The number of benzene rings is 2. The number of aromatic nitrogens is 2. The molecule has 0 radical (unpaired) electrons. The predicted molar refractivity (Wildman–Crippen MR) is 92.4 cm³/mol. The molecule has 1 atom stereocenters. The topological polar surface area (TPSA) is 72.3 Å². The molecule has 6 nitrogen and oxygen atoms in total. The monoisotopic (exact) mass is 353 g/mol. The lowest BCUT2D eigenvalue weighted by Gasteiger charge is -2.33. The van der Waals surface area contributed by atoms with Crippen LogP contribution in [0.4, 0.5) is 11.4 Å². The van der Waals surface area contributed by atoms with Crippen LogP contribution in [0.25, 0.3) is 0 Å². The summed E-state index contributed by atoms with van der Waals surface area (Å²) in [4.78, 5) is 19.0. The molecule has 0 fully saturated rings. The number of fused-ring (bicyclic) bond motifs is 2. The number of sulfone groups is 1. The minimum Gasteiger partial charge on any atom is -0.325 e. The molecule has 25 heavy (non-hydrogen) atoms. The highest BCUT2D eigenvalue weighted by molar-refractivity contribution is 7.92. The molecule has 3 aromatic rings. The Kier molecular flexibility index (Phi) is 3.47. The maximum atomic E-state index is 13.2. The van der Waals surface area contributed by atoms with Crippen LogP contribution in [0.5, 0.6) is 0 Å².